The van der Waals surface area contributed by atoms with Crippen molar-refractivity contribution in [2.45, 2.75) is 13.5 Å². The van der Waals surface area contributed by atoms with Gasteiger partial charge in [0.25, 0.3) is 5.91 Å². The third kappa shape index (κ3) is 2.19. The summed E-state index contributed by atoms with van der Waals surface area (Å²) >= 11 is 1.17. The highest BCUT2D eigenvalue weighted by atomic mass is 32.1. The monoisotopic (exact) mass is 238 g/mol. The van der Waals surface area contributed by atoms with Crippen LogP contribution in [0.25, 0.3) is 0 Å². The summed E-state index contributed by atoms with van der Waals surface area (Å²) < 4.78 is 4.85. The summed E-state index contributed by atoms with van der Waals surface area (Å²) in [5.41, 5.74) is 6.14. The van der Waals surface area contributed by atoms with Crippen molar-refractivity contribution in [1.82, 2.24) is 15.5 Å². The number of hydrogen-bond donors (Lipinski definition) is 2. The van der Waals surface area contributed by atoms with E-state index in [2.05, 4.69) is 15.5 Å². The van der Waals surface area contributed by atoms with E-state index in [0.29, 0.717) is 28.0 Å². The molecule has 0 radical (unpaired) electrons. The number of anilines is 1. The highest BCUT2D eigenvalue weighted by Gasteiger charge is 2.14. The average Bonchev–Trinajstić information content (AvgIpc) is 2.84. The lowest BCUT2D eigenvalue weighted by atomic mass is 10.3. The van der Waals surface area contributed by atoms with Crippen molar-refractivity contribution >= 4 is 22.4 Å². The van der Waals surface area contributed by atoms with Gasteiger partial charge in [0.1, 0.15) is 4.88 Å². The summed E-state index contributed by atoms with van der Waals surface area (Å²) in [4.78, 5) is 16.2. The molecule has 2 aromatic heterocycles. The minimum atomic E-state index is -0.205. The molecule has 0 bridgehead atoms. The second-order valence-corrected chi connectivity index (χ2v) is 4.16. The van der Waals surface area contributed by atoms with Crippen LogP contribution in [0.3, 0.4) is 0 Å². The highest BCUT2D eigenvalue weighted by molar-refractivity contribution is 7.17. The van der Waals surface area contributed by atoms with Gasteiger partial charge in [0, 0.05) is 6.07 Å². The quantitative estimate of drug-likeness (QED) is 0.830. The van der Waals surface area contributed by atoms with Crippen molar-refractivity contribution in [3.8, 4) is 0 Å². The van der Waals surface area contributed by atoms with E-state index in [0.717, 1.165) is 0 Å². The molecule has 84 valence electrons. The predicted octanol–water partition coefficient (Wildman–Crippen LogP) is 0.952. The second kappa shape index (κ2) is 4.31. The zero-order valence-corrected chi connectivity index (χ0v) is 9.37. The third-order valence-electron chi connectivity index (χ3n) is 1.93. The Kier molecular flexibility index (Phi) is 2.86. The lowest BCUT2D eigenvalue weighted by Gasteiger charge is -2.00. The van der Waals surface area contributed by atoms with Crippen molar-refractivity contribution in [1.29, 1.82) is 0 Å². The number of hydrogen-bond acceptors (Lipinski definition) is 6. The molecule has 2 aromatic rings. The summed E-state index contributed by atoms with van der Waals surface area (Å²) in [6.07, 6.45) is 1.53. The van der Waals surface area contributed by atoms with Gasteiger partial charge in [0.05, 0.1) is 18.4 Å². The molecule has 7 heteroatoms. The van der Waals surface area contributed by atoms with Crippen molar-refractivity contribution in [2.24, 2.45) is 0 Å². The van der Waals surface area contributed by atoms with Crippen molar-refractivity contribution in [2.75, 3.05) is 5.73 Å². The van der Waals surface area contributed by atoms with Crippen molar-refractivity contribution in [3.63, 3.8) is 0 Å². The molecule has 16 heavy (non-hydrogen) atoms. The van der Waals surface area contributed by atoms with Crippen LogP contribution >= 0.6 is 11.3 Å². The van der Waals surface area contributed by atoms with Gasteiger partial charge in [0.15, 0.2) is 10.9 Å². The molecule has 2 heterocycles. The molecule has 0 atom stereocenters. The summed E-state index contributed by atoms with van der Waals surface area (Å²) in [5.74, 6) is 0.395. The molecule has 0 spiro atoms. The number of aryl methyl sites for hydroxylation is 1. The van der Waals surface area contributed by atoms with E-state index in [-0.39, 0.29) is 5.91 Å². The van der Waals surface area contributed by atoms with E-state index in [9.17, 15) is 4.79 Å². The first kappa shape index (κ1) is 10.6. The zero-order chi connectivity index (χ0) is 11.5. The molecular formula is C9H10N4O2S. The van der Waals surface area contributed by atoms with Gasteiger partial charge >= 0.3 is 0 Å². The van der Waals surface area contributed by atoms with E-state index in [1.54, 1.807) is 13.0 Å². The van der Waals surface area contributed by atoms with E-state index in [1.807, 2.05) is 0 Å². The van der Waals surface area contributed by atoms with E-state index in [4.69, 9.17) is 10.3 Å². The van der Waals surface area contributed by atoms with Crippen molar-refractivity contribution < 1.29 is 9.32 Å². The molecule has 1 amide bonds. The van der Waals surface area contributed by atoms with Crippen LogP contribution in [0.2, 0.25) is 0 Å². The maximum atomic E-state index is 11.7. The Morgan fingerprint density at radius 3 is 3.06 bits per heavy atom. The average molecular weight is 238 g/mol. The molecule has 0 fully saturated rings. The van der Waals surface area contributed by atoms with Crippen LogP contribution in [0.1, 0.15) is 21.1 Å². The van der Waals surface area contributed by atoms with Gasteiger partial charge in [-0.05, 0) is 6.92 Å². The van der Waals surface area contributed by atoms with Gasteiger partial charge in [-0.25, -0.2) is 4.98 Å². The first-order valence-electron chi connectivity index (χ1n) is 4.57. The number of nitrogens with one attached hydrogen (secondary N) is 1. The molecule has 0 aliphatic heterocycles. The number of carbonyl (C=O) groups is 1. The van der Waals surface area contributed by atoms with Crippen LogP contribution < -0.4 is 11.1 Å². The molecule has 3 N–H and O–H groups in total. The largest absolute Gasteiger partial charge is 0.375 e. The number of nitrogens with two attached hydrogens (primary N) is 1. The van der Waals surface area contributed by atoms with Gasteiger partial charge in [-0.2, -0.15) is 0 Å². The maximum absolute atomic E-state index is 11.7. The zero-order valence-electron chi connectivity index (χ0n) is 8.56. The van der Waals surface area contributed by atoms with Crippen LogP contribution in [-0.2, 0) is 6.54 Å². The van der Waals surface area contributed by atoms with Crippen LogP contribution in [0, 0.1) is 6.92 Å². The number of rotatable bonds is 3. The normalized spacial score (nSPS) is 10.3. The summed E-state index contributed by atoms with van der Waals surface area (Å²) in [6, 6.07) is 1.69. The van der Waals surface area contributed by atoms with Gasteiger partial charge in [-0.1, -0.05) is 16.5 Å². The Bertz CT molecular complexity index is 492. The fourth-order valence-electron chi connectivity index (χ4n) is 1.21. The molecule has 0 saturated heterocycles. The van der Waals surface area contributed by atoms with Gasteiger partial charge in [0.2, 0.25) is 0 Å². The van der Waals surface area contributed by atoms with E-state index in [1.165, 1.54) is 17.5 Å². The maximum Gasteiger partial charge on any atom is 0.263 e. The smallest absolute Gasteiger partial charge is 0.263 e. The Hall–Kier alpha value is -1.89. The summed E-state index contributed by atoms with van der Waals surface area (Å²) in [7, 11) is 0. The lowest BCUT2D eigenvalue weighted by Crippen LogP contribution is -2.22. The Morgan fingerprint density at radius 1 is 1.69 bits per heavy atom. The SMILES string of the molecule is Cc1nc(N)sc1C(=O)NCc1ccno1. The molecule has 0 saturated carbocycles. The van der Waals surface area contributed by atoms with Gasteiger partial charge < -0.3 is 15.6 Å². The number of amides is 1. The Morgan fingerprint density at radius 2 is 2.50 bits per heavy atom. The van der Waals surface area contributed by atoms with Crippen LogP contribution in [0.4, 0.5) is 5.13 Å². The fourth-order valence-corrected chi connectivity index (χ4v) is 1.96. The number of aromatic nitrogens is 2. The molecule has 0 unspecified atom stereocenters. The summed E-state index contributed by atoms with van der Waals surface area (Å²) in [5, 5.41) is 6.63. The molecular weight excluding hydrogens is 228 g/mol. The first-order valence-corrected chi connectivity index (χ1v) is 5.39. The van der Waals surface area contributed by atoms with Crippen molar-refractivity contribution in [3.05, 3.63) is 28.6 Å². The summed E-state index contributed by atoms with van der Waals surface area (Å²) in [6.45, 7) is 2.05. The van der Waals surface area contributed by atoms with E-state index < -0.39 is 0 Å². The van der Waals surface area contributed by atoms with Crippen LogP contribution in [0.5, 0.6) is 0 Å². The Balaban J connectivity index is 2.01. The van der Waals surface area contributed by atoms with Crippen LogP contribution in [0.15, 0.2) is 16.8 Å². The Labute approximate surface area is 95.5 Å². The number of carbonyl (C=O) groups excluding carboxylic acids is 1. The molecule has 0 aliphatic rings. The standard InChI is InChI=1S/C9H10N4O2S/c1-5-7(16-9(10)13-5)8(14)11-4-6-2-3-12-15-6/h2-3H,4H2,1H3,(H2,10,13)(H,11,14). The molecule has 6 nitrogen and oxygen atoms in total. The molecule has 2 rings (SSSR count). The van der Waals surface area contributed by atoms with Crippen LogP contribution in [-0.4, -0.2) is 16.0 Å². The number of nitrogen functional groups attached to an aromatic ring is 1. The minimum Gasteiger partial charge on any atom is -0.375 e. The number of nitrogens with zero attached hydrogens (tertiary/aromatic N) is 2. The lowest BCUT2D eigenvalue weighted by molar-refractivity contribution is 0.0950. The van der Waals surface area contributed by atoms with Gasteiger partial charge in [-0.3, -0.25) is 4.79 Å². The molecule has 0 aromatic carbocycles. The fraction of sp³-hybridized carbons (Fsp3) is 0.222. The highest BCUT2D eigenvalue weighted by Crippen LogP contribution is 2.19. The second-order valence-electron chi connectivity index (χ2n) is 3.13. The topological polar surface area (TPSA) is 94.0 Å². The minimum absolute atomic E-state index is 0.205. The predicted molar refractivity (Wildman–Crippen MR) is 58.9 cm³/mol. The van der Waals surface area contributed by atoms with E-state index >= 15 is 0 Å². The van der Waals surface area contributed by atoms with Gasteiger partial charge in [-0.15, -0.1) is 0 Å². The molecule has 0 aliphatic carbocycles. The number of thiazole rings is 1. The third-order valence-corrected chi connectivity index (χ3v) is 2.92. The first-order chi connectivity index (χ1) is 7.66.